The van der Waals surface area contributed by atoms with Gasteiger partial charge < -0.3 is 19.3 Å². The van der Waals surface area contributed by atoms with Crippen molar-refractivity contribution in [1.29, 1.82) is 0 Å². The summed E-state index contributed by atoms with van der Waals surface area (Å²) in [5.74, 6) is 0.662. The Morgan fingerprint density at radius 1 is 1.18 bits per heavy atom. The van der Waals surface area contributed by atoms with Crippen LogP contribution in [0, 0.1) is 0 Å². The van der Waals surface area contributed by atoms with Crippen LogP contribution in [-0.2, 0) is 16.1 Å². The lowest BCUT2D eigenvalue weighted by Crippen LogP contribution is -2.53. The molecule has 6 nitrogen and oxygen atoms in total. The summed E-state index contributed by atoms with van der Waals surface area (Å²) in [5, 5.41) is 11.5. The van der Waals surface area contributed by atoms with E-state index in [0.29, 0.717) is 17.9 Å². The lowest BCUT2D eigenvalue weighted by molar-refractivity contribution is -0.0657. The molecule has 0 unspecified atom stereocenters. The largest absolute Gasteiger partial charge is 0.488 e. The molecule has 1 saturated heterocycles. The number of benzene rings is 2. The summed E-state index contributed by atoms with van der Waals surface area (Å²) in [6, 6.07) is 16.9. The fraction of sp³-hybridized carbons (Fsp3) is 0.444. The van der Waals surface area contributed by atoms with E-state index in [2.05, 4.69) is 0 Å². The van der Waals surface area contributed by atoms with Gasteiger partial charge in [0.25, 0.3) is 0 Å². The van der Waals surface area contributed by atoms with Gasteiger partial charge in [-0.15, -0.1) is 0 Å². The Bertz CT molecular complexity index is 978. The van der Waals surface area contributed by atoms with E-state index in [4.69, 9.17) is 14.2 Å². The van der Waals surface area contributed by atoms with Crippen LogP contribution in [0.4, 0.5) is 4.79 Å². The van der Waals surface area contributed by atoms with E-state index < -0.39 is 29.6 Å². The average Bonchev–Trinajstić information content (AvgIpc) is 3.08. The maximum Gasteiger partial charge on any atom is 0.413 e. The Morgan fingerprint density at radius 2 is 1.82 bits per heavy atom. The number of ether oxygens (including phenoxy) is 3. The number of aliphatic hydroxyl groups is 1. The van der Waals surface area contributed by atoms with Gasteiger partial charge in [0.2, 0.25) is 0 Å². The summed E-state index contributed by atoms with van der Waals surface area (Å²) in [5.41, 5.74) is 0.927. The van der Waals surface area contributed by atoms with Crippen molar-refractivity contribution in [3.63, 3.8) is 0 Å². The van der Waals surface area contributed by atoms with Gasteiger partial charge in [-0.1, -0.05) is 54.6 Å². The van der Waals surface area contributed by atoms with Gasteiger partial charge in [0, 0.05) is 5.56 Å². The van der Waals surface area contributed by atoms with Crippen LogP contribution in [0.2, 0.25) is 0 Å². The second-order valence-electron chi connectivity index (χ2n) is 9.63. The van der Waals surface area contributed by atoms with E-state index in [1.54, 1.807) is 13.8 Å². The van der Waals surface area contributed by atoms with E-state index in [-0.39, 0.29) is 6.61 Å². The zero-order chi connectivity index (χ0) is 24.2. The van der Waals surface area contributed by atoms with Crippen molar-refractivity contribution in [1.82, 2.24) is 4.90 Å². The lowest BCUT2D eigenvalue weighted by atomic mass is 9.94. The van der Waals surface area contributed by atoms with Gasteiger partial charge in [0.1, 0.15) is 29.8 Å². The summed E-state index contributed by atoms with van der Waals surface area (Å²) in [6.07, 6.45) is 0.345. The van der Waals surface area contributed by atoms with E-state index in [1.807, 2.05) is 88.4 Å². The van der Waals surface area contributed by atoms with E-state index in [1.165, 1.54) is 4.90 Å². The highest BCUT2D eigenvalue weighted by Crippen LogP contribution is 2.37. The van der Waals surface area contributed by atoms with Crippen molar-refractivity contribution in [3.8, 4) is 5.75 Å². The minimum absolute atomic E-state index is 0.192. The van der Waals surface area contributed by atoms with Crippen molar-refractivity contribution >= 4 is 11.7 Å². The predicted molar refractivity (Wildman–Crippen MR) is 129 cm³/mol. The van der Waals surface area contributed by atoms with Gasteiger partial charge in [0.05, 0.1) is 12.6 Å². The van der Waals surface area contributed by atoms with Gasteiger partial charge in [-0.2, -0.15) is 0 Å². The molecule has 1 N–H and O–H groups in total. The van der Waals surface area contributed by atoms with Crippen LogP contribution in [0.15, 0.2) is 60.7 Å². The molecule has 2 aromatic rings. The third-order valence-electron chi connectivity index (χ3n) is 5.54. The standard InChI is InChI=1S/C27H35NO5/c1-7-20(21-15-11-12-16-23(21)31-17-19-13-9-8-10-14-19)24(29)22-18-32-27(5,6)28(22)25(30)33-26(2,3)4/h7-16,22,24,29H,17-18H2,1-6H3/b20-7+/t22-,24+/m0/s1. The van der Waals surface area contributed by atoms with E-state index >= 15 is 0 Å². The molecule has 33 heavy (non-hydrogen) atoms. The smallest absolute Gasteiger partial charge is 0.413 e. The Hall–Kier alpha value is -2.83. The molecular weight excluding hydrogens is 418 g/mol. The van der Waals surface area contributed by atoms with Crippen molar-refractivity contribution in [2.45, 2.75) is 71.6 Å². The van der Waals surface area contributed by atoms with Crippen LogP contribution in [0.1, 0.15) is 52.7 Å². The SMILES string of the molecule is C/C=C(\c1ccccc1OCc1ccccc1)[C@@H](O)[C@@H]1COC(C)(C)N1C(=O)OC(C)(C)C. The van der Waals surface area contributed by atoms with Crippen molar-refractivity contribution in [3.05, 3.63) is 71.8 Å². The predicted octanol–water partition coefficient (Wildman–Crippen LogP) is 5.40. The van der Waals surface area contributed by atoms with Crippen LogP contribution >= 0.6 is 0 Å². The van der Waals surface area contributed by atoms with Crippen LogP contribution in [0.25, 0.3) is 5.57 Å². The number of allylic oxidation sites excluding steroid dienone is 1. The Kier molecular flexibility index (Phi) is 7.50. The summed E-state index contributed by atoms with van der Waals surface area (Å²) in [4.78, 5) is 14.5. The number of amides is 1. The molecular formula is C27H35NO5. The maximum atomic E-state index is 13.0. The topological polar surface area (TPSA) is 68.2 Å². The van der Waals surface area contributed by atoms with Crippen LogP contribution < -0.4 is 4.74 Å². The van der Waals surface area contributed by atoms with Gasteiger partial charge in [-0.25, -0.2) is 4.79 Å². The summed E-state index contributed by atoms with van der Waals surface area (Å²) in [6.45, 7) is 11.5. The third kappa shape index (κ3) is 5.95. The molecule has 1 fully saturated rings. The van der Waals surface area contributed by atoms with E-state index in [0.717, 1.165) is 11.1 Å². The number of rotatable bonds is 6. The van der Waals surface area contributed by atoms with Crippen molar-refractivity contribution in [2.75, 3.05) is 6.61 Å². The summed E-state index contributed by atoms with van der Waals surface area (Å²) < 4.78 is 17.6. The summed E-state index contributed by atoms with van der Waals surface area (Å²) >= 11 is 0. The average molecular weight is 454 g/mol. The minimum atomic E-state index is -0.995. The number of carbonyl (C=O) groups excluding carboxylic acids is 1. The molecule has 178 valence electrons. The Balaban J connectivity index is 1.86. The molecule has 0 radical (unpaired) electrons. The monoisotopic (exact) mass is 453 g/mol. The molecule has 2 aromatic carbocycles. The second kappa shape index (κ2) is 9.98. The first kappa shape index (κ1) is 24.8. The third-order valence-corrected chi connectivity index (χ3v) is 5.54. The Labute approximate surface area is 196 Å². The molecule has 0 saturated carbocycles. The van der Waals surface area contributed by atoms with Gasteiger partial charge in [0.15, 0.2) is 0 Å². The van der Waals surface area contributed by atoms with Gasteiger partial charge in [-0.05, 0) is 58.7 Å². The number of para-hydroxylation sites is 1. The quantitative estimate of drug-likeness (QED) is 0.634. The fourth-order valence-corrected chi connectivity index (χ4v) is 3.99. The van der Waals surface area contributed by atoms with Crippen LogP contribution in [0.5, 0.6) is 5.75 Å². The molecule has 3 rings (SSSR count). The number of carbonyl (C=O) groups is 1. The zero-order valence-corrected chi connectivity index (χ0v) is 20.4. The molecule has 1 aliphatic heterocycles. The molecule has 1 aliphatic rings. The molecule has 1 heterocycles. The first-order valence-electron chi connectivity index (χ1n) is 11.3. The number of hydrogen-bond donors (Lipinski definition) is 1. The van der Waals surface area contributed by atoms with Gasteiger partial charge >= 0.3 is 6.09 Å². The van der Waals surface area contributed by atoms with Crippen molar-refractivity contribution < 1.29 is 24.1 Å². The molecule has 0 spiro atoms. The highest BCUT2D eigenvalue weighted by atomic mass is 16.6. The molecule has 6 heteroatoms. The Morgan fingerprint density at radius 3 is 2.45 bits per heavy atom. The first-order chi connectivity index (χ1) is 15.5. The molecule has 0 aliphatic carbocycles. The number of nitrogens with zero attached hydrogens (tertiary/aromatic N) is 1. The first-order valence-corrected chi connectivity index (χ1v) is 11.3. The zero-order valence-electron chi connectivity index (χ0n) is 20.4. The molecule has 0 aromatic heterocycles. The normalized spacial score (nSPS) is 19.3. The highest BCUT2D eigenvalue weighted by molar-refractivity contribution is 5.76. The fourth-order valence-electron chi connectivity index (χ4n) is 3.99. The minimum Gasteiger partial charge on any atom is -0.488 e. The second-order valence-corrected chi connectivity index (χ2v) is 9.63. The van der Waals surface area contributed by atoms with Crippen LogP contribution in [0.3, 0.4) is 0 Å². The molecule has 1 amide bonds. The highest BCUT2D eigenvalue weighted by Gasteiger charge is 2.49. The lowest BCUT2D eigenvalue weighted by Gasteiger charge is -2.37. The molecule has 2 atom stereocenters. The van der Waals surface area contributed by atoms with Crippen LogP contribution in [-0.4, -0.2) is 46.2 Å². The summed E-state index contributed by atoms with van der Waals surface area (Å²) in [7, 11) is 0. The van der Waals surface area contributed by atoms with Crippen molar-refractivity contribution in [2.24, 2.45) is 0 Å². The number of hydrogen-bond acceptors (Lipinski definition) is 5. The number of aliphatic hydroxyl groups excluding tert-OH is 1. The van der Waals surface area contributed by atoms with Gasteiger partial charge in [-0.3, -0.25) is 4.90 Å². The molecule has 0 bridgehead atoms. The maximum absolute atomic E-state index is 13.0. The van der Waals surface area contributed by atoms with E-state index in [9.17, 15) is 9.90 Å².